The summed E-state index contributed by atoms with van der Waals surface area (Å²) in [4.78, 5) is 8.91. The van der Waals surface area contributed by atoms with Crippen molar-refractivity contribution in [1.82, 2.24) is 30.0 Å². The van der Waals surface area contributed by atoms with E-state index in [9.17, 15) is 0 Å². The maximum absolute atomic E-state index is 4.74. The average molecular weight is 284 g/mol. The van der Waals surface area contributed by atoms with Gasteiger partial charge in [0.15, 0.2) is 0 Å². The van der Waals surface area contributed by atoms with Crippen molar-refractivity contribution in [3.63, 3.8) is 0 Å². The molecular formula is C15H20N6. The van der Waals surface area contributed by atoms with E-state index in [2.05, 4.69) is 57.1 Å². The topological polar surface area (TPSA) is 71.4 Å². The number of nitrogens with zero attached hydrogens (tertiary/aromatic N) is 4. The summed E-state index contributed by atoms with van der Waals surface area (Å²) in [5.74, 6) is 1.90. The lowest BCUT2D eigenvalue weighted by atomic mass is 10.3. The second-order valence-electron chi connectivity index (χ2n) is 5.14. The summed E-state index contributed by atoms with van der Waals surface area (Å²) in [5.41, 5.74) is 2.25. The number of benzene rings is 1. The van der Waals surface area contributed by atoms with Crippen LogP contribution in [-0.2, 0) is 13.1 Å². The third-order valence-electron chi connectivity index (χ3n) is 3.59. The monoisotopic (exact) mass is 284 g/mol. The van der Waals surface area contributed by atoms with Crippen LogP contribution in [0, 0.1) is 0 Å². The predicted octanol–water partition coefficient (Wildman–Crippen LogP) is 2.42. The molecule has 0 aliphatic rings. The number of aromatic amines is 1. The number of hydrogen-bond donors (Lipinski definition) is 2. The van der Waals surface area contributed by atoms with Crippen LogP contribution in [-0.4, -0.2) is 24.7 Å². The Morgan fingerprint density at radius 3 is 2.95 bits per heavy atom. The van der Waals surface area contributed by atoms with Crippen molar-refractivity contribution in [3.8, 4) is 0 Å². The zero-order valence-electron chi connectivity index (χ0n) is 12.4. The first kappa shape index (κ1) is 13.8. The number of aryl methyl sites for hydroxylation is 1. The maximum atomic E-state index is 4.74. The Morgan fingerprint density at radius 1 is 1.33 bits per heavy atom. The summed E-state index contributed by atoms with van der Waals surface area (Å²) in [6.45, 7) is 5.93. The molecule has 0 bridgehead atoms. The third kappa shape index (κ3) is 2.80. The molecule has 0 saturated carbocycles. The zero-order chi connectivity index (χ0) is 14.7. The van der Waals surface area contributed by atoms with Crippen molar-refractivity contribution in [2.45, 2.75) is 39.4 Å². The van der Waals surface area contributed by atoms with Crippen molar-refractivity contribution < 1.29 is 0 Å². The molecule has 0 amide bonds. The number of para-hydroxylation sites is 2. The average Bonchev–Trinajstić information content (AvgIpc) is 3.14. The summed E-state index contributed by atoms with van der Waals surface area (Å²) in [6.07, 6.45) is 2.62. The molecule has 6 heteroatoms. The molecule has 110 valence electrons. The third-order valence-corrected chi connectivity index (χ3v) is 3.59. The number of nitrogens with one attached hydrogen (secondary N) is 2. The Balaban J connectivity index is 1.81. The Kier molecular flexibility index (Phi) is 3.96. The number of imidazole rings is 1. The van der Waals surface area contributed by atoms with Crippen LogP contribution in [0.15, 0.2) is 30.6 Å². The predicted molar refractivity (Wildman–Crippen MR) is 81.7 cm³/mol. The van der Waals surface area contributed by atoms with Crippen molar-refractivity contribution in [1.29, 1.82) is 0 Å². The van der Waals surface area contributed by atoms with Crippen LogP contribution in [0.2, 0.25) is 0 Å². The Hall–Kier alpha value is -2.21. The van der Waals surface area contributed by atoms with Gasteiger partial charge in [-0.3, -0.25) is 5.10 Å². The lowest BCUT2D eigenvalue weighted by Crippen LogP contribution is -2.21. The normalized spacial score (nSPS) is 12.9. The number of hydrogen-bond acceptors (Lipinski definition) is 4. The second-order valence-corrected chi connectivity index (χ2v) is 5.14. The molecule has 2 aromatic heterocycles. The van der Waals surface area contributed by atoms with Gasteiger partial charge in [-0.05, 0) is 25.5 Å². The highest BCUT2D eigenvalue weighted by Crippen LogP contribution is 2.17. The molecule has 0 aliphatic carbocycles. The van der Waals surface area contributed by atoms with Crippen LogP contribution in [0.3, 0.4) is 0 Å². The summed E-state index contributed by atoms with van der Waals surface area (Å²) < 4.78 is 2.29. The standard InChI is InChI=1S/C15H20N6/c1-3-8-21-13-7-5-4-6-12(13)19-14(21)9-16-11(2)15-17-10-18-20-15/h4-7,10-11,16H,3,8-9H2,1-2H3,(H,17,18,20). The van der Waals surface area contributed by atoms with Crippen LogP contribution in [0.25, 0.3) is 11.0 Å². The van der Waals surface area contributed by atoms with Gasteiger partial charge in [0.05, 0.1) is 23.6 Å². The quantitative estimate of drug-likeness (QED) is 0.729. The van der Waals surface area contributed by atoms with Gasteiger partial charge in [0.25, 0.3) is 0 Å². The number of aromatic nitrogens is 5. The van der Waals surface area contributed by atoms with Gasteiger partial charge in [0, 0.05) is 6.54 Å². The number of fused-ring (bicyclic) bond motifs is 1. The molecule has 6 nitrogen and oxygen atoms in total. The molecule has 21 heavy (non-hydrogen) atoms. The van der Waals surface area contributed by atoms with E-state index >= 15 is 0 Å². The minimum atomic E-state index is 0.113. The molecule has 2 N–H and O–H groups in total. The van der Waals surface area contributed by atoms with Gasteiger partial charge in [-0.25, -0.2) is 9.97 Å². The van der Waals surface area contributed by atoms with Gasteiger partial charge in [-0.1, -0.05) is 19.1 Å². The zero-order valence-corrected chi connectivity index (χ0v) is 12.4. The van der Waals surface area contributed by atoms with Gasteiger partial charge in [0.1, 0.15) is 18.0 Å². The molecule has 1 atom stereocenters. The van der Waals surface area contributed by atoms with Crippen LogP contribution in [0.4, 0.5) is 0 Å². The fourth-order valence-corrected chi connectivity index (χ4v) is 2.50. The fraction of sp³-hybridized carbons (Fsp3) is 0.400. The smallest absolute Gasteiger partial charge is 0.141 e. The van der Waals surface area contributed by atoms with E-state index in [1.54, 1.807) is 0 Å². The van der Waals surface area contributed by atoms with Gasteiger partial charge in [-0.15, -0.1) is 0 Å². The van der Waals surface area contributed by atoms with Crippen LogP contribution in [0.1, 0.15) is 38.0 Å². The van der Waals surface area contributed by atoms with Crippen LogP contribution in [0.5, 0.6) is 0 Å². The summed E-state index contributed by atoms with van der Waals surface area (Å²) in [7, 11) is 0. The first-order chi connectivity index (χ1) is 10.3. The Labute approximate surface area is 123 Å². The van der Waals surface area contributed by atoms with E-state index in [1.807, 2.05) is 6.07 Å². The number of rotatable bonds is 6. The first-order valence-electron chi connectivity index (χ1n) is 7.32. The molecule has 0 spiro atoms. The minimum Gasteiger partial charge on any atom is -0.327 e. The van der Waals surface area contributed by atoms with E-state index in [-0.39, 0.29) is 6.04 Å². The first-order valence-corrected chi connectivity index (χ1v) is 7.32. The lowest BCUT2D eigenvalue weighted by molar-refractivity contribution is 0.518. The fourth-order valence-electron chi connectivity index (χ4n) is 2.50. The molecule has 0 radical (unpaired) electrons. The highest BCUT2D eigenvalue weighted by atomic mass is 15.2. The molecule has 0 saturated heterocycles. The Bertz CT molecular complexity index is 700. The maximum Gasteiger partial charge on any atom is 0.141 e. The molecule has 2 heterocycles. The highest BCUT2D eigenvalue weighted by molar-refractivity contribution is 5.75. The molecule has 0 fully saturated rings. The van der Waals surface area contributed by atoms with E-state index in [1.165, 1.54) is 11.8 Å². The summed E-state index contributed by atoms with van der Waals surface area (Å²) >= 11 is 0. The van der Waals surface area contributed by atoms with Crippen LogP contribution < -0.4 is 5.32 Å². The van der Waals surface area contributed by atoms with Gasteiger partial charge in [-0.2, -0.15) is 5.10 Å². The molecule has 1 aromatic carbocycles. The van der Waals surface area contributed by atoms with Gasteiger partial charge >= 0.3 is 0 Å². The SMILES string of the molecule is CCCn1c(CNC(C)c2ncn[nH]2)nc2ccccc21. The van der Waals surface area contributed by atoms with E-state index in [4.69, 9.17) is 4.98 Å². The van der Waals surface area contributed by atoms with Crippen molar-refractivity contribution >= 4 is 11.0 Å². The van der Waals surface area contributed by atoms with E-state index < -0.39 is 0 Å². The van der Waals surface area contributed by atoms with Crippen molar-refractivity contribution in [3.05, 3.63) is 42.2 Å². The van der Waals surface area contributed by atoms with E-state index in [0.29, 0.717) is 6.54 Å². The molecular weight excluding hydrogens is 264 g/mol. The number of H-pyrrole nitrogens is 1. The summed E-state index contributed by atoms with van der Waals surface area (Å²) in [6, 6.07) is 8.39. The Morgan fingerprint density at radius 2 is 2.19 bits per heavy atom. The summed E-state index contributed by atoms with van der Waals surface area (Å²) in [5, 5.41) is 10.2. The molecule has 3 rings (SSSR count). The minimum absolute atomic E-state index is 0.113. The molecule has 1 unspecified atom stereocenters. The van der Waals surface area contributed by atoms with E-state index in [0.717, 1.165) is 30.1 Å². The molecule has 0 aliphatic heterocycles. The van der Waals surface area contributed by atoms with Gasteiger partial charge < -0.3 is 9.88 Å². The lowest BCUT2D eigenvalue weighted by Gasteiger charge is -2.12. The van der Waals surface area contributed by atoms with Crippen molar-refractivity contribution in [2.75, 3.05) is 0 Å². The molecule has 3 aromatic rings. The highest BCUT2D eigenvalue weighted by Gasteiger charge is 2.12. The largest absolute Gasteiger partial charge is 0.327 e. The van der Waals surface area contributed by atoms with Crippen LogP contribution >= 0.6 is 0 Å². The van der Waals surface area contributed by atoms with Gasteiger partial charge in [0.2, 0.25) is 0 Å². The van der Waals surface area contributed by atoms with Crippen molar-refractivity contribution in [2.24, 2.45) is 0 Å². The second kappa shape index (κ2) is 6.05.